The van der Waals surface area contributed by atoms with E-state index in [1.54, 1.807) is 0 Å². The van der Waals surface area contributed by atoms with E-state index in [2.05, 4.69) is 34.2 Å². The Morgan fingerprint density at radius 2 is 1.71 bits per heavy atom. The Kier molecular flexibility index (Phi) is 3.36. The molecular weight excluding hydrogens is 326 g/mol. The largest absolute Gasteiger partial charge is 0.326 e. The molecule has 0 radical (unpaired) electrons. The summed E-state index contributed by atoms with van der Waals surface area (Å²) in [5.41, 5.74) is 2.10. The van der Waals surface area contributed by atoms with Crippen molar-refractivity contribution in [3.8, 4) is 0 Å². The summed E-state index contributed by atoms with van der Waals surface area (Å²) in [6, 6.07) is 6.06. The van der Waals surface area contributed by atoms with Gasteiger partial charge in [-0.05, 0) is 86.5 Å². The van der Waals surface area contributed by atoms with Crippen LogP contribution in [-0.2, 0) is 4.79 Å². The van der Waals surface area contributed by atoms with Gasteiger partial charge in [-0.1, -0.05) is 15.9 Å². The van der Waals surface area contributed by atoms with E-state index >= 15 is 0 Å². The van der Waals surface area contributed by atoms with E-state index < -0.39 is 0 Å². The van der Waals surface area contributed by atoms with Gasteiger partial charge in [-0.3, -0.25) is 4.79 Å². The van der Waals surface area contributed by atoms with Gasteiger partial charge in [0, 0.05) is 16.1 Å². The Hall–Kier alpha value is -0.830. The maximum Gasteiger partial charge on any atom is 0.228 e. The molecule has 5 rings (SSSR count). The van der Waals surface area contributed by atoms with Crippen molar-refractivity contribution in [3.63, 3.8) is 0 Å². The maximum absolute atomic E-state index is 12.8. The minimum atomic E-state index is 0.266. The number of anilines is 1. The summed E-state index contributed by atoms with van der Waals surface area (Å²) < 4.78 is 1.09. The van der Waals surface area contributed by atoms with Crippen LogP contribution in [0.5, 0.6) is 0 Å². The fourth-order valence-corrected chi connectivity index (χ4v) is 5.55. The van der Waals surface area contributed by atoms with Gasteiger partial charge in [0.1, 0.15) is 0 Å². The number of amides is 1. The zero-order valence-electron chi connectivity index (χ0n) is 12.4. The second-order valence-corrected chi connectivity index (χ2v) is 8.26. The van der Waals surface area contributed by atoms with Crippen LogP contribution in [-0.4, -0.2) is 5.91 Å². The molecule has 0 unspecified atom stereocenters. The van der Waals surface area contributed by atoms with Gasteiger partial charge >= 0.3 is 0 Å². The van der Waals surface area contributed by atoms with Crippen molar-refractivity contribution in [1.29, 1.82) is 0 Å². The van der Waals surface area contributed by atoms with Crippen LogP contribution in [0.2, 0.25) is 0 Å². The lowest BCUT2D eigenvalue weighted by Crippen LogP contribution is -2.49. The normalized spacial score (nSPS) is 36.8. The second kappa shape index (κ2) is 5.12. The highest BCUT2D eigenvalue weighted by Gasteiger charge is 2.50. The molecule has 3 heteroatoms. The average Bonchev–Trinajstić information content (AvgIpc) is 2.41. The van der Waals surface area contributed by atoms with Crippen molar-refractivity contribution in [2.75, 3.05) is 5.32 Å². The van der Waals surface area contributed by atoms with Crippen molar-refractivity contribution in [2.24, 2.45) is 29.6 Å². The first-order valence-corrected chi connectivity index (χ1v) is 8.96. The molecular formula is C18H22BrNO. The molecule has 4 fully saturated rings. The number of aryl methyl sites for hydroxylation is 1. The quantitative estimate of drug-likeness (QED) is 0.820. The first kappa shape index (κ1) is 13.8. The van der Waals surface area contributed by atoms with Crippen molar-refractivity contribution in [1.82, 2.24) is 0 Å². The molecule has 0 atom stereocenters. The molecule has 21 heavy (non-hydrogen) atoms. The average molecular weight is 348 g/mol. The molecule has 4 bridgehead atoms. The van der Waals surface area contributed by atoms with Crippen LogP contribution >= 0.6 is 15.9 Å². The first-order valence-electron chi connectivity index (χ1n) is 8.17. The molecule has 1 amide bonds. The highest BCUT2D eigenvalue weighted by atomic mass is 79.9. The Labute approximate surface area is 134 Å². The van der Waals surface area contributed by atoms with Crippen LogP contribution in [0.25, 0.3) is 0 Å². The van der Waals surface area contributed by atoms with E-state index in [1.807, 2.05) is 12.1 Å². The third kappa shape index (κ3) is 2.44. The summed E-state index contributed by atoms with van der Waals surface area (Å²) in [5, 5.41) is 3.18. The van der Waals surface area contributed by atoms with Gasteiger partial charge in [0.25, 0.3) is 0 Å². The summed E-state index contributed by atoms with van der Waals surface area (Å²) in [6.45, 7) is 2.06. The SMILES string of the molecule is Cc1cc(NC(=O)C2C3CC4CC(C3)CC2C4)ccc1Br. The lowest BCUT2D eigenvalue weighted by Gasteiger charge is -2.53. The van der Waals surface area contributed by atoms with Gasteiger partial charge in [0.15, 0.2) is 0 Å². The molecule has 0 aliphatic heterocycles. The van der Waals surface area contributed by atoms with E-state index in [1.165, 1.54) is 32.1 Å². The van der Waals surface area contributed by atoms with E-state index in [-0.39, 0.29) is 11.8 Å². The Bertz CT molecular complexity index is 555. The summed E-state index contributed by atoms with van der Waals surface area (Å²) in [7, 11) is 0. The number of halogens is 1. The minimum Gasteiger partial charge on any atom is -0.326 e. The molecule has 1 aromatic carbocycles. The van der Waals surface area contributed by atoms with Gasteiger partial charge in [-0.15, -0.1) is 0 Å². The molecule has 2 nitrogen and oxygen atoms in total. The number of hydrogen-bond acceptors (Lipinski definition) is 1. The Morgan fingerprint density at radius 1 is 1.10 bits per heavy atom. The van der Waals surface area contributed by atoms with Crippen LogP contribution < -0.4 is 5.32 Å². The van der Waals surface area contributed by atoms with E-state index in [9.17, 15) is 4.79 Å². The predicted molar refractivity (Wildman–Crippen MR) is 88.0 cm³/mol. The molecule has 1 N–H and O–H groups in total. The van der Waals surface area contributed by atoms with E-state index in [4.69, 9.17) is 0 Å². The fourth-order valence-electron chi connectivity index (χ4n) is 5.30. The maximum atomic E-state index is 12.8. The van der Waals surface area contributed by atoms with Gasteiger partial charge in [0.05, 0.1) is 0 Å². The van der Waals surface area contributed by atoms with Gasteiger partial charge in [-0.25, -0.2) is 0 Å². The highest BCUT2D eigenvalue weighted by molar-refractivity contribution is 9.10. The number of carbonyl (C=O) groups excluding carboxylic acids is 1. The molecule has 1 aromatic rings. The van der Waals surface area contributed by atoms with Crippen molar-refractivity contribution in [3.05, 3.63) is 28.2 Å². The van der Waals surface area contributed by atoms with Gasteiger partial charge < -0.3 is 5.32 Å². The number of hydrogen-bond donors (Lipinski definition) is 1. The monoisotopic (exact) mass is 347 g/mol. The van der Waals surface area contributed by atoms with Crippen LogP contribution in [0, 0.1) is 36.5 Å². The fraction of sp³-hybridized carbons (Fsp3) is 0.611. The van der Waals surface area contributed by atoms with E-state index in [0.29, 0.717) is 11.8 Å². The van der Waals surface area contributed by atoms with E-state index in [0.717, 1.165) is 27.6 Å². The van der Waals surface area contributed by atoms with Gasteiger partial charge in [0.2, 0.25) is 5.91 Å². The third-order valence-corrected chi connectivity index (χ3v) is 6.84. The Morgan fingerprint density at radius 3 is 2.29 bits per heavy atom. The van der Waals surface area contributed by atoms with Gasteiger partial charge in [-0.2, -0.15) is 0 Å². The molecule has 0 heterocycles. The molecule has 0 aromatic heterocycles. The molecule has 0 spiro atoms. The van der Waals surface area contributed by atoms with Crippen LogP contribution in [0.1, 0.15) is 37.7 Å². The molecule has 4 aliphatic carbocycles. The second-order valence-electron chi connectivity index (χ2n) is 7.41. The number of nitrogens with one attached hydrogen (secondary N) is 1. The summed E-state index contributed by atoms with van der Waals surface area (Å²) >= 11 is 3.51. The van der Waals surface area contributed by atoms with Crippen LogP contribution in [0.15, 0.2) is 22.7 Å². The third-order valence-electron chi connectivity index (χ3n) is 5.95. The zero-order chi connectivity index (χ0) is 14.6. The summed E-state index contributed by atoms with van der Waals surface area (Å²) in [5.74, 6) is 3.68. The molecule has 4 saturated carbocycles. The summed E-state index contributed by atoms with van der Waals surface area (Å²) in [4.78, 5) is 12.8. The number of benzene rings is 1. The van der Waals surface area contributed by atoms with Crippen molar-refractivity contribution < 1.29 is 4.79 Å². The number of carbonyl (C=O) groups is 1. The van der Waals surface area contributed by atoms with Crippen molar-refractivity contribution in [2.45, 2.75) is 39.0 Å². The topological polar surface area (TPSA) is 29.1 Å². The van der Waals surface area contributed by atoms with Crippen LogP contribution in [0.4, 0.5) is 5.69 Å². The highest BCUT2D eigenvalue weighted by Crippen LogP contribution is 2.56. The Balaban J connectivity index is 1.51. The standard InChI is InChI=1S/C18H22BrNO/c1-10-4-15(2-3-16(10)19)20-18(21)17-13-6-11-5-12(8-13)9-14(17)7-11/h2-4,11-14,17H,5-9H2,1H3,(H,20,21). The smallest absolute Gasteiger partial charge is 0.228 e. The van der Waals surface area contributed by atoms with Crippen molar-refractivity contribution >= 4 is 27.5 Å². The zero-order valence-corrected chi connectivity index (χ0v) is 14.0. The summed E-state index contributed by atoms with van der Waals surface area (Å²) in [6.07, 6.45) is 6.62. The molecule has 0 saturated heterocycles. The predicted octanol–water partition coefficient (Wildman–Crippen LogP) is 4.77. The molecule has 4 aliphatic rings. The lowest BCUT2D eigenvalue weighted by atomic mass is 9.51. The number of rotatable bonds is 2. The minimum absolute atomic E-state index is 0.266. The lowest BCUT2D eigenvalue weighted by molar-refractivity contribution is -0.132. The molecule has 112 valence electrons. The van der Waals surface area contributed by atoms with Crippen LogP contribution in [0.3, 0.4) is 0 Å². The first-order chi connectivity index (χ1) is 10.1.